The normalized spacial score (nSPS) is 24.9. The molecule has 0 spiro atoms. The lowest BCUT2D eigenvalue weighted by Gasteiger charge is -2.27. The molecule has 0 saturated carbocycles. The molecule has 2 atom stereocenters. The monoisotopic (exact) mass is 366 g/mol. The number of carbonyl (C=O) groups excluding carboxylic acids is 1. The van der Waals surface area contributed by atoms with E-state index in [-0.39, 0.29) is 12.1 Å². The quantitative estimate of drug-likeness (QED) is 0.768. The minimum absolute atomic E-state index is 0.203. The first-order chi connectivity index (χ1) is 10.7. The molecule has 3 rings (SSSR count). The summed E-state index contributed by atoms with van der Waals surface area (Å²) in [6.07, 6.45) is 2.09. The lowest BCUT2D eigenvalue weighted by Crippen LogP contribution is -2.39. The van der Waals surface area contributed by atoms with Crippen LogP contribution < -0.4 is 0 Å². The SMILES string of the molecule is CCOC(=O)C1=NOC(N2CCCC2)C1c1ccc(Br)cc1. The van der Waals surface area contributed by atoms with Crippen molar-refractivity contribution in [3.8, 4) is 0 Å². The number of nitrogens with zero attached hydrogens (tertiary/aromatic N) is 2. The molecule has 0 aliphatic carbocycles. The molecular formula is C16H19BrN2O3. The van der Waals surface area contributed by atoms with Crippen LogP contribution in [0, 0.1) is 0 Å². The first-order valence-electron chi connectivity index (χ1n) is 7.61. The van der Waals surface area contributed by atoms with Crippen molar-refractivity contribution in [2.75, 3.05) is 19.7 Å². The number of carbonyl (C=O) groups is 1. The van der Waals surface area contributed by atoms with Gasteiger partial charge in [0.05, 0.1) is 12.5 Å². The maximum atomic E-state index is 12.2. The summed E-state index contributed by atoms with van der Waals surface area (Å²) in [5, 5.41) is 4.05. The molecular weight excluding hydrogens is 348 g/mol. The molecule has 22 heavy (non-hydrogen) atoms. The fraction of sp³-hybridized carbons (Fsp3) is 0.500. The summed E-state index contributed by atoms with van der Waals surface area (Å²) in [5.74, 6) is -0.595. The van der Waals surface area contributed by atoms with Crippen molar-refractivity contribution in [2.24, 2.45) is 5.16 Å². The standard InChI is InChI=1S/C16H19BrN2O3/c1-2-21-16(20)14-13(11-5-7-12(17)8-6-11)15(22-18-14)19-9-3-4-10-19/h5-8,13,15H,2-4,9-10H2,1H3. The molecule has 0 radical (unpaired) electrons. The van der Waals surface area contributed by atoms with Gasteiger partial charge in [0, 0.05) is 17.6 Å². The molecule has 2 aliphatic heterocycles. The highest BCUT2D eigenvalue weighted by Gasteiger charge is 2.43. The number of esters is 1. The Kier molecular flexibility index (Phi) is 4.78. The van der Waals surface area contributed by atoms with Gasteiger partial charge in [0.25, 0.3) is 0 Å². The Morgan fingerprint density at radius 3 is 2.68 bits per heavy atom. The zero-order valence-corrected chi connectivity index (χ0v) is 14.1. The van der Waals surface area contributed by atoms with Crippen LogP contribution in [0.4, 0.5) is 0 Å². The summed E-state index contributed by atoms with van der Waals surface area (Å²) in [6.45, 7) is 4.08. The fourth-order valence-corrected chi connectivity index (χ4v) is 3.26. The van der Waals surface area contributed by atoms with Gasteiger partial charge in [-0.25, -0.2) is 4.79 Å². The highest BCUT2D eigenvalue weighted by Crippen LogP contribution is 2.34. The van der Waals surface area contributed by atoms with E-state index in [1.807, 2.05) is 24.3 Å². The van der Waals surface area contributed by atoms with E-state index in [0.717, 1.165) is 36.0 Å². The van der Waals surface area contributed by atoms with Crippen LogP contribution in [0.25, 0.3) is 0 Å². The highest BCUT2D eigenvalue weighted by atomic mass is 79.9. The minimum atomic E-state index is -0.392. The van der Waals surface area contributed by atoms with Crippen LogP contribution in [0.3, 0.4) is 0 Å². The lowest BCUT2D eigenvalue weighted by molar-refractivity contribution is -0.135. The van der Waals surface area contributed by atoms with Gasteiger partial charge >= 0.3 is 5.97 Å². The number of likely N-dealkylation sites (tertiary alicyclic amines) is 1. The number of hydrogen-bond acceptors (Lipinski definition) is 5. The third kappa shape index (κ3) is 3.03. The molecule has 5 nitrogen and oxygen atoms in total. The Balaban J connectivity index is 1.90. The molecule has 1 fully saturated rings. The van der Waals surface area contributed by atoms with Crippen LogP contribution in [0.2, 0.25) is 0 Å². The van der Waals surface area contributed by atoms with Gasteiger partial charge in [-0.2, -0.15) is 0 Å². The molecule has 2 heterocycles. The number of hydrogen-bond donors (Lipinski definition) is 0. The predicted molar refractivity (Wildman–Crippen MR) is 86.6 cm³/mol. The molecule has 0 aromatic heterocycles. The Hall–Kier alpha value is -1.40. The van der Waals surface area contributed by atoms with Gasteiger partial charge in [0.2, 0.25) is 0 Å². The maximum Gasteiger partial charge on any atom is 0.356 e. The smallest absolute Gasteiger partial charge is 0.356 e. The molecule has 6 heteroatoms. The van der Waals surface area contributed by atoms with Gasteiger partial charge in [0.15, 0.2) is 11.9 Å². The van der Waals surface area contributed by atoms with Crippen LogP contribution in [0.15, 0.2) is 33.9 Å². The number of oxime groups is 1. The molecule has 2 aliphatic rings. The molecule has 118 valence electrons. The molecule has 1 aromatic carbocycles. The van der Waals surface area contributed by atoms with Crippen molar-refractivity contribution < 1.29 is 14.4 Å². The van der Waals surface area contributed by atoms with Crippen LogP contribution in [0.5, 0.6) is 0 Å². The Morgan fingerprint density at radius 2 is 2.05 bits per heavy atom. The Labute approximate surface area is 138 Å². The van der Waals surface area contributed by atoms with Crippen LogP contribution in [0.1, 0.15) is 31.2 Å². The fourth-order valence-electron chi connectivity index (χ4n) is 3.00. The first kappa shape index (κ1) is 15.5. The van der Waals surface area contributed by atoms with Gasteiger partial charge in [-0.1, -0.05) is 33.2 Å². The summed E-state index contributed by atoms with van der Waals surface area (Å²) in [4.78, 5) is 20.1. The molecule has 1 aromatic rings. The molecule has 0 bridgehead atoms. The van der Waals surface area contributed by atoms with Crippen molar-refractivity contribution in [2.45, 2.75) is 31.9 Å². The van der Waals surface area contributed by atoms with Gasteiger partial charge < -0.3 is 9.57 Å². The second-order valence-corrected chi connectivity index (χ2v) is 6.38. The average molecular weight is 367 g/mol. The largest absolute Gasteiger partial charge is 0.461 e. The van der Waals surface area contributed by atoms with E-state index in [0.29, 0.717) is 12.3 Å². The van der Waals surface area contributed by atoms with Crippen molar-refractivity contribution in [1.29, 1.82) is 0 Å². The van der Waals surface area contributed by atoms with Gasteiger partial charge in [-0.15, -0.1) is 0 Å². The van der Waals surface area contributed by atoms with E-state index < -0.39 is 5.97 Å². The summed E-state index contributed by atoms with van der Waals surface area (Å²) in [6, 6.07) is 7.94. The van der Waals surface area contributed by atoms with Crippen LogP contribution in [-0.4, -0.2) is 42.5 Å². The zero-order chi connectivity index (χ0) is 15.5. The zero-order valence-electron chi connectivity index (χ0n) is 12.5. The molecule has 2 unspecified atom stereocenters. The van der Waals surface area contributed by atoms with Crippen molar-refractivity contribution in [3.63, 3.8) is 0 Å². The van der Waals surface area contributed by atoms with E-state index in [1.54, 1.807) is 6.92 Å². The topological polar surface area (TPSA) is 51.1 Å². The summed E-state index contributed by atoms with van der Waals surface area (Å²) >= 11 is 3.44. The van der Waals surface area contributed by atoms with E-state index >= 15 is 0 Å². The van der Waals surface area contributed by atoms with Crippen molar-refractivity contribution in [1.82, 2.24) is 4.90 Å². The molecule has 0 amide bonds. The van der Waals surface area contributed by atoms with Gasteiger partial charge in [-0.3, -0.25) is 4.90 Å². The predicted octanol–water partition coefficient (Wildman–Crippen LogP) is 2.90. The minimum Gasteiger partial charge on any atom is -0.461 e. The number of halogens is 1. The van der Waals surface area contributed by atoms with Gasteiger partial charge in [-0.05, 0) is 37.5 Å². The van der Waals surface area contributed by atoms with Gasteiger partial charge in [0.1, 0.15) is 0 Å². The maximum absolute atomic E-state index is 12.2. The lowest BCUT2D eigenvalue weighted by atomic mass is 9.92. The van der Waals surface area contributed by atoms with E-state index in [2.05, 4.69) is 26.0 Å². The summed E-state index contributed by atoms with van der Waals surface area (Å²) < 4.78 is 6.14. The highest BCUT2D eigenvalue weighted by molar-refractivity contribution is 9.10. The first-order valence-corrected chi connectivity index (χ1v) is 8.40. The summed E-state index contributed by atoms with van der Waals surface area (Å²) in [5.41, 5.74) is 1.38. The van der Waals surface area contributed by atoms with E-state index in [1.165, 1.54) is 0 Å². The van der Waals surface area contributed by atoms with Crippen LogP contribution >= 0.6 is 15.9 Å². The van der Waals surface area contributed by atoms with Crippen molar-refractivity contribution >= 4 is 27.6 Å². The van der Waals surface area contributed by atoms with Crippen molar-refractivity contribution in [3.05, 3.63) is 34.3 Å². The van der Waals surface area contributed by atoms with Crippen LogP contribution in [-0.2, 0) is 14.4 Å². The number of benzene rings is 1. The summed E-state index contributed by atoms with van der Waals surface area (Å²) in [7, 11) is 0. The average Bonchev–Trinajstić information content (AvgIpc) is 3.17. The molecule has 1 saturated heterocycles. The number of ether oxygens (including phenoxy) is 1. The van der Waals surface area contributed by atoms with E-state index in [4.69, 9.17) is 9.57 Å². The molecule has 0 N–H and O–H groups in total. The van der Waals surface area contributed by atoms with E-state index in [9.17, 15) is 4.79 Å². The Bertz CT molecular complexity index is 567. The third-order valence-corrected chi connectivity index (χ3v) is 4.58. The Morgan fingerprint density at radius 1 is 1.36 bits per heavy atom. The second kappa shape index (κ2) is 6.79. The second-order valence-electron chi connectivity index (χ2n) is 5.47. The number of rotatable bonds is 4. The third-order valence-electron chi connectivity index (χ3n) is 4.05.